The van der Waals surface area contributed by atoms with Gasteiger partial charge in [0, 0.05) is 39.3 Å². The van der Waals surface area contributed by atoms with Crippen LogP contribution in [-0.4, -0.2) is 48.0 Å². The maximum atomic E-state index is 12.9. The van der Waals surface area contributed by atoms with E-state index in [4.69, 9.17) is 0 Å². The van der Waals surface area contributed by atoms with E-state index in [2.05, 4.69) is 22.1 Å². The fraction of sp³-hybridized carbons (Fsp3) is 0.500. The number of thiazole rings is 1. The molecule has 0 spiro atoms. The number of anilines is 1. The summed E-state index contributed by atoms with van der Waals surface area (Å²) >= 11 is 1.50. The second kappa shape index (κ2) is 6.89. The molecule has 1 fully saturated rings. The number of aryl methyl sites for hydroxylation is 2. The molecule has 0 unspecified atom stereocenters. The molecule has 2 aromatic rings. The minimum atomic E-state index is 0.129. The maximum absolute atomic E-state index is 12.9. The molecule has 3 heterocycles. The fourth-order valence-corrected chi connectivity index (χ4v) is 4.13. The van der Waals surface area contributed by atoms with Crippen LogP contribution >= 0.6 is 11.3 Å². The van der Waals surface area contributed by atoms with Gasteiger partial charge in [0.15, 0.2) is 0 Å². The first kappa shape index (κ1) is 16.9. The van der Waals surface area contributed by atoms with Crippen molar-refractivity contribution in [2.45, 2.75) is 32.6 Å². The lowest BCUT2D eigenvalue weighted by Crippen LogP contribution is -2.39. The van der Waals surface area contributed by atoms with E-state index in [1.165, 1.54) is 16.9 Å². The summed E-state index contributed by atoms with van der Waals surface area (Å²) in [4.78, 5) is 26.4. The second-order valence-electron chi connectivity index (χ2n) is 6.58. The number of pyridine rings is 1. The largest absolute Gasteiger partial charge is 0.363 e. The topological polar surface area (TPSA) is 49.3 Å². The zero-order chi connectivity index (χ0) is 17.3. The fourth-order valence-electron chi connectivity index (χ4n) is 3.24. The summed E-state index contributed by atoms with van der Waals surface area (Å²) in [5.74, 6) is 1.47. The predicted molar refractivity (Wildman–Crippen MR) is 98.0 cm³/mol. The van der Waals surface area contributed by atoms with Gasteiger partial charge >= 0.3 is 0 Å². The van der Waals surface area contributed by atoms with Crippen molar-refractivity contribution in [1.29, 1.82) is 0 Å². The van der Waals surface area contributed by atoms with Crippen LogP contribution in [0.1, 0.15) is 44.7 Å². The quantitative estimate of drug-likeness (QED) is 0.858. The minimum absolute atomic E-state index is 0.129. The van der Waals surface area contributed by atoms with Gasteiger partial charge in [-0.25, -0.2) is 9.97 Å². The van der Waals surface area contributed by atoms with Crippen molar-refractivity contribution in [2.75, 3.05) is 32.1 Å². The van der Waals surface area contributed by atoms with Gasteiger partial charge in [0.05, 0.1) is 10.7 Å². The number of hydrogen-bond acceptors (Lipinski definition) is 5. The Morgan fingerprint density at radius 2 is 2.17 bits per heavy atom. The Morgan fingerprint density at radius 1 is 1.38 bits per heavy atom. The van der Waals surface area contributed by atoms with Crippen LogP contribution in [0.3, 0.4) is 0 Å². The maximum Gasteiger partial charge on any atom is 0.265 e. The Morgan fingerprint density at radius 3 is 2.83 bits per heavy atom. The summed E-state index contributed by atoms with van der Waals surface area (Å²) in [6.45, 7) is 5.47. The zero-order valence-electron chi connectivity index (χ0n) is 14.7. The van der Waals surface area contributed by atoms with E-state index in [1.54, 1.807) is 0 Å². The Balaban J connectivity index is 1.78. The molecule has 6 heteroatoms. The lowest BCUT2D eigenvalue weighted by molar-refractivity contribution is 0.0711. The van der Waals surface area contributed by atoms with E-state index >= 15 is 0 Å². The summed E-state index contributed by atoms with van der Waals surface area (Å²) in [5.41, 5.74) is 2.12. The molecule has 0 aliphatic carbocycles. The van der Waals surface area contributed by atoms with Crippen molar-refractivity contribution in [3.05, 3.63) is 39.5 Å². The molecule has 1 amide bonds. The summed E-state index contributed by atoms with van der Waals surface area (Å²) < 4.78 is 0. The molecular formula is C18H24N4OS. The molecule has 1 aliphatic rings. The van der Waals surface area contributed by atoms with Crippen LogP contribution in [0.4, 0.5) is 5.82 Å². The van der Waals surface area contributed by atoms with Gasteiger partial charge in [0.25, 0.3) is 5.91 Å². The normalized spacial score (nSPS) is 17.8. The Kier molecular flexibility index (Phi) is 4.85. The van der Waals surface area contributed by atoms with Crippen LogP contribution in [0.5, 0.6) is 0 Å². The van der Waals surface area contributed by atoms with Gasteiger partial charge in [-0.3, -0.25) is 4.79 Å². The minimum Gasteiger partial charge on any atom is -0.363 e. The van der Waals surface area contributed by atoms with Crippen molar-refractivity contribution in [2.24, 2.45) is 0 Å². The number of carbonyl (C=O) groups is 1. The van der Waals surface area contributed by atoms with Gasteiger partial charge in [-0.2, -0.15) is 0 Å². The number of hydrogen-bond donors (Lipinski definition) is 0. The van der Waals surface area contributed by atoms with Crippen molar-refractivity contribution in [3.8, 4) is 0 Å². The highest BCUT2D eigenvalue weighted by molar-refractivity contribution is 7.13. The molecule has 0 N–H and O–H groups in total. The van der Waals surface area contributed by atoms with Crippen LogP contribution in [0.15, 0.2) is 18.3 Å². The van der Waals surface area contributed by atoms with Crippen LogP contribution in [-0.2, 0) is 0 Å². The Bertz CT molecular complexity index is 740. The number of carbonyl (C=O) groups excluding carboxylic acids is 1. The lowest BCUT2D eigenvalue weighted by atomic mass is 9.91. The number of aromatic nitrogens is 2. The van der Waals surface area contributed by atoms with Gasteiger partial charge in [-0.05, 0) is 44.4 Å². The molecule has 1 saturated heterocycles. The highest BCUT2D eigenvalue weighted by atomic mass is 32.1. The van der Waals surface area contributed by atoms with Crippen LogP contribution in [0.25, 0.3) is 0 Å². The molecule has 0 radical (unpaired) electrons. The number of likely N-dealkylation sites (tertiary alicyclic amines) is 1. The molecule has 0 saturated carbocycles. The van der Waals surface area contributed by atoms with Crippen molar-refractivity contribution in [3.63, 3.8) is 0 Å². The van der Waals surface area contributed by atoms with Crippen LogP contribution < -0.4 is 4.90 Å². The third kappa shape index (κ3) is 3.43. The monoisotopic (exact) mass is 344 g/mol. The summed E-state index contributed by atoms with van der Waals surface area (Å²) in [7, 11) is 4.00. The number of rotatable bonds is 3. The van der Waals surface area contributed by atoms with Crippen LogP contribution in [0, 0.1) is 13.8 Å². The smallest absolute Gasteiger partial charge is 0.265 e. The number of piperidine rings is 1. The van der Waals surface area contributed by atoms with E-state index in [9.17, 15) is 4.79 Å². The molecule has 0 bridgehead atoms. The molecular weight excluding hydrogens is 320 g/mol. The third-order valence-electron chi connectivity index (χ3n) is 4.51. The van der Waals surface area contributed by atoms with Gasteiger partial charge in [0.2, 0.25) is 0 Å². The van der Waals surface area contributed by atoms with Crippen molar-refractivity contribution < 1.29 is 4.79 Å². The van der Waals surface area contributed by atoms with E-state index in [0.29, 0.717) is 5.92 Å². The van der Waals surface area contributed by atoms with Gasteiger partial charge < -0.3 is 9.80 Å². The summed E-state index contributed by atoms with van der Waals surface area (Å²) in [6, 6.07) is 4.22. The van der Waals surface area contributed by atoms with Crippen LogP contribution in [0.2, 0.25) is 0 Å². The van der Waals surface area contributed by atoms with E-state index in [-0.39, 0.29) is 5.91 Å². The first-order chi connectivity index (χ1) is 11.5. The predicted octanol–water partition coefficient (Wildman–Crippen LogP) is 3.24. The molecule has 1 atom stereocenters. The van der Waals surface area contributed by atoms with Crippen molar-refractivity contribution >= 4 is 23.1 Å². The first-order valence-electron chi connectivity index (χ1n) is 8.32. The molecule has 24 heavy (non-hydrogen) atoms. The molecule has 0 aromatic carbocycles. The van der Waals surface area contributed by atoms with Gasteiger partial charge in [-0.1, -0.05) is 0 Å². The molecule has 128 valence electrons. The van der Waals surface area contributed by atoms with E-state index in [1.807, 2.05) is 43.9 Å². The first-order valence-corrected chi connectivity index (χ1v) is 9.14. The molecule has 2 aromatic heterocycles. The number of nitrogens with zero attached hydrogens (tertiary/aromatic N) is 4. The summed E-state index contributed by atoms with van der Waals surface area (Å²) in [5, 5.41) is 0.953. The average molecular weight is 344 g/mol. The second-order valence-corrected chi connectivity index (χ2v) is 7.78. The Hall–Kier alpha value is -1.95. The highest BCUT2D eigenvalue weighted by Crippen LogP contribution is 2.30. The van der Waals surface area contributed by atoms with E-state index < -0.39 is 0 Å². The van der Waals surface area contributed by atoms with Crippen molar-refractivity contribution in [1.82, 2.24) is 14.9 Å². The number of amides is 1. The highest BCUT2D eigenvalue weighted by Gasteiger charge is 2.27. The Labute approximate surface area is 147 Å². The molecule has 1 aliphatic heterocycles. The van der Waals surface area contributed by atoms with E-state index in [0.717, 1.165) is 47.3 Å². The average Bonchev–Trinajstić information content (AvgIpc) is 2.92. The SMILES string of the molecule is Cc1nc(C)c(C(=O)N2CCC[C@H](c3ccnc(N(C)C)c3)C2)s1. The molecule has 3 rings (SSSR count). The third-order valence-corrected chi connectivity index (χ3v) is 5.57. The zero-order valence-corrected chi connectivity index (χ0v) is 15.6. The summed E-state index contributed by atoms with van der Waals surface area (Å²) in [6.07, 6.45) is 4.01. The van der Waals surface area contributed by atoms with Gasteiger partial charge in [-0.15, -0.1) is 11.3 Å². The van der Waals surface area contributed by atoms with Gasteiger partial charge in [0.1, 0.15) is 10.7 Å². The lowest BCUT2D eigenvalue weighted by Gasteiger charge is -2.33. The molecule has 5 nitrogen and oxygen atoms in total. The standard InChI is InChI=1S/C18H24N4OS/c1-12-17(24-13(2)20-12)18(23)22-9-5-6-15(11-22)14-7-8-19-16(10-14)21(3)4/h7-8,10,15H,5-6,9,11H2,1-4H3/t15-/m0/s1.